The fourth-order valence-corrected chi connectivity index (χ4v) is 2.41. The van der Waals surface area contributed by atoms with E-state index in [1.54, 1.807) is 6.92 Å². The van der Waals surface area contributed by atoms with Gasteiger partial charge in [-0.1, -0.05) is 0 Å². The van der Waals surface area contributed by atoms with Crippen molar-refractivity contribution >= 4 is 11.6 Å². The minimum atomic E-state index is -3.12. The van der Waals surface area contributed by atoms with Crippen LogP contribution < -0.4 is 14.8 Å². The quantitative estimate of drug-likeness (QED) is 0.577. The molecule has 1 amide bonds. The number of hydrogen-bond acceptors (Lipinski definition) is 4. The fraction of sp³-hybridized carbons (Fsp3) is 0.412. The van der Waals surface area contributed by atoms with Gasteiger partial charge in [0.05, 0.1) is 6.61 Å². The number of benzene rings is 1. The average Bonchev–Trinajstić information content (AvgIpc) is 3.09. The van der Waals surface area contributed by atoms with Crippen LogP contribution in [0.25, 0.3) is 0 Å². The predicted octanol–water partition coefficient (Wildman–Crippen LogP) is 4.96. The Labute approximate surface area is 161 Å². The number of carbonyl (C=O) groups is 1. The summed E-state index contributed by atoms with van der Waals surface area (Å²) in [5.74, 6) is -1.19. The Hall–Kier alpha value is -2.92. The summed E-state index contributed by atoms with van der Waals surface area (Å²) in [5.41, 5.74) is -1.63. The van der Waals surface area contributed by atoms with Crippen molar-refractivity contribution in [3.05, 3.63) is 35.7 Å². The van der Waals surface area contributed by atoms with Crippen LogP contribution in [0.3, 0.4) is 0 Å². The molecule has 0 saturated heterocycles. The molecule has 160 valence electrons. The molecule has 0 fully saturated rings. The lowest BCUT2D eigenvalue weighted by molar-refractivity contribution is -0.119. The fourth-order valence-electron chi connectivity index (χ4n) is 2.41. The van der Waals surface area contributed by atoms with E-state index in [4.69, 9.17) is 4.74 Å². The van der Waals surface area contributed by atoms with Gasteiger partial charge in [-0.3, -0.25) is 9.48 Å². The maximum absolute atomic E-state index is 13.1. The third-order valence-electron chi connectivity index (χ3n) is 3.70. The summed E-state index contributed by atoms with van der Waals surface area (Å²) < 4.78 is 86.6. The molecular formula is C17H17F6N3O3. The molecule has 29 heavy (non-hydrogen) atoms. The summed E-state index contributed by atoms with van der Waals surface area (Å²) >= 11 is 0. The first-order valence-corrected chi connectivity index (χ1v) is 8.32. The van der Waals surface area contributed by atoms with Crippen molar-refractivity contribution in [1.82, 2.24) is 9.78 Å². The second-order valence-corrected chi connectivity index (χ2v) is 5.68. The number of alkyl halides is 6. The Morgan fingerprint density at radius 3 is 2.34 bits per heavy atom. The third-order valence-corrected chi connectivity index (χ3v) is 3.70. The summed E-state index contributed by atoms with van der Waals surface area (Å²) in [5, 5.41) is 5.75. The van der Waals surface area contributed by atoms with Gasteiger partial charge in [0, 0.05) is 11.8 Å². The molecule has 1 aromatic carbocycles. The lowest BCUT2D eigenvalue weighted by Crippen LogP contribution is -2.26. The highest BCUT2D eigenvalue weighted by atomic mass is 19.3. The molecule has 0 saturated carbocycles. The molecule has 2 aromatic rings. The molecule has 1 atom stereocenters. The number of hydrogen-bond donors (Lipinski definition) is 1. The van der Waals surface area contributed by atoms with E-state index in [2.05, 4.69) is 15.2 Å². The van der Waals surface area contributed by atoms with Gasteiger partial charge in [0.1, 0.15) is 17.4 Å². The minimum Gasteiger partial charge on any atom is -0.490 e. The molecule has 2 rings (SSSR count). The molecule has 12 heteroatoms. The molecular weight excluding hydrogens is 408 g/mol. The molecule has 1 unspecified atom stereocenters. The zero-order chi connectivity index (χ0) is 21.7. The molecule has 0 aliphatic rings. The summed E-state index contributed by atoms with van der Waals surface area (Å²) in [6.07, 6.45) is -6.21. The van der Waals surface area contributed by atoms with E-state index in [0.717, 1.165) is 6.07 Å². The maximum Gasteiger partial charge on any atom is 0.387 e. The molecule has 0 aliphatic heterocycles. The predicted molar refractivity (Wildman–Crippen MR) is 89.7 cm³/mol. The van der Waals surface area contributed by atoms with Crippen LogP contribution in [0.15, 0.2) is 24.3 Å². The van der Waals surface area contributed by atoms with Crippen LogP contribution in [0.4, 0.5) is 32.0 Å². The number of rotatable bonds is 9. The SMILES string of the molecule is CCOc1cc(NC(=O)C(C)n2nc(C(F)F)cc2C(F)F)ccc1OC(F)F. The molecule has 1 aromatic heterocycles. The molecule has 0 bridgehead atoms. The topological polar surface area (TPSA) is 65.4 Å². The zero-order valence-corrected chi connectivity index (χ0v) is 15.2. The van der Waals surface area contributed by atoms with Crippen molar-refractivity contribution in [2.45, 2.75) is 39.4 Å². The minimum absolute atomic E-state index is 0.0781. The van der Waals surface area contributed by atoms with E-state index in [1.165, 1.54) is 19.1 Å². The van der Waals surface area contributed by atoms with Crippen LogP contribution in [0, 0.1) is 0 Å². The highest BCUT2D eigenvalue weighted by Gasteiger charge is 2.27. The summed E-state index contributed by atoms with van der Waals surface area (Å²) in [7, 11) is 0. The van der Waals surface area contributed by atoms with Gasteiger partial charge in [-0.15, -0.1) is 0 Å². The Morgan fingerprint density at radius 1 is 1.10 bits per heavy atom. The van der Waals surface area contributed by atoms with Gasteiger partial charge >= 0.3 is 6.61 Å². The van der Waals surface area contributed by atoms with Crippen molar-refractivity contribution < 1.29 is 40.6 Å². The van der Waals surface area contributed by atoms with E-state index in [0.29, 0.717) is 10.7 Å². The lowest BCUT2D eigenvalue weighted by atomic mass is 10.2. The highest BCUT2D eigenvalue weighted by molar-refractivity contribution is 5.93. The number of nitrogens with one attached hydrogen (secondary N) is 1. The Balaban J connectivity index is 2.24. The largest absolute Gasteiger partial charge is 0.490 e. The highest BCUT2D eigenvalue weighted by Crippen LogP contribution is 2.32. The van der Waals surface area contributed by atoms with Gasteiger partial charge in [-0.05, 0) is 32.0 Å². The molecule has 0 spiro atoms. The second kappa shape index (κ2) is 9.52. The van der Waals surface area contributed by atoms with E-state index >= 15 is 0 Å². The van der Waals surface area contributed by atoms with E-state index in [-0.39, 0.29) is 23.8 Å². The van der Waals surface area contributed by atoms with Crippen molar-refractivity contribution in [2.75, 3.05) is 11.9 Å². The number of ether oxygens (including phenoxy) is 2. The number of amides is 1. The van der Waals surface area contributed by atoms with Gasteiger partial charge in [0.2, 0.25) is 5.91 Å². The van der Waals surface area contributed by atoms with Crippen molar-refractivity contribution in [3.8, 4) is 11.5 Å². The maximum atomic E-state index is 13.1. The average molecular weight is 425 g/mol. The van der Waals surface area contributed by atoms with Crippen LogP contribution in [0.1, 0.15) is 44.1 Å². The van der Waals surface area contributed by atoms with Crippen molar-refractivity contribution in [2.24, 2.45) is 0 Å². The molecule has 1 heterocycles. The third kappa shape index (κ3) is 5.55. The molecule has 0 radical (unpaired) electrons. The van der Waals surface area contributed by atoms with Gasteiger partial charge in [0.25, 0.3) is 12.9 Å². The van der Waals surface area contributed by atoms with Crippen LogP contribution >= 0.6 is 0 Å². The van der Waals surface area contributed by atoms with Crippen LogP contribution in [0.2, 0.25) is 0 Å². The normalized spacial score (nSPS) is 12.5. The van der Waals surface area contributed by atoms with Gasteiger partial charge < -0.3 is 14.8 Å². The number of carbonyl (C=O) groups excluding carboxylic acids is 1. The zero-order valence-electron chi connectivity index (χ0n) is 15.2. The first kappa shape index (κ1) is 22.4. The van der Waals surface area contributed by atoms with Crippen molar-refractivity contribution in [1.29, 1.82) is 0 Å². The standard InChI is InChI=1S/C17H17F6N3O3/c1-3-28-13-6-9(4-5-12(13)29-17(22)23)24-16(27)8(2)26-11(15(20)21)7-10(25-26)14(18)19/h4-8,14-15,17H,3H2,1-2H3,(H,24,27). The molecule has 0 aliphatic carbocycles. The summed E-state index contributed by atoms with van der Waals surface area (Å²) in [4.78, 5) is 12.4. The van der Waals surface area contributed by atoms with E-state index in [1.807, 2.05) is 0 Å². The number of nitrogens with zero attached hydrogens (tertiary/aromatic N) is 2. The molecule has 6 nitrogen and oxygen atoms in total. The number of halogens is 6. The monoisotopic (exact) mass is 425 g/mol. The Bertz CT molecular complexity index is 844. The number of anilines is 1. The second-order valence-electron chi connectivity index (χ2n) is 5.68. The Kier molecular flexibility index (Phi) is 7.35. The summed E-state index contributed by atoms with van der Waals surface area (Å²) in [6.45, 7) is -0.175. The van der Waals surface area contributed by atoms with Crippen LogP contribution in [0.5, 0.6) is 11.5 Å². The van der Waals surface area contributed by atoms with E-state index < -0.39 is 42.8 Å². The lowest BCUT2D eigenvalue weighted by Gasteiger charge is -2.17. The van der Waals surface area contributed by atoms with Gasteiger partial charge in [-0.25, -0.2) is 17.6 Å². The number of aromatic nitrogens is 2. The van der Waals surface area contributed by atoms with E-state index in [9.17, 15) is 31.1 Å². The van der Waals surface area contributed by atoms with Crippen LogP contribution in [-0.2, 0) is 4.79 Å². The Morgan fingerprint density at radius 2 is 1.79 bits per heavy atom. The van der Waals surface area contributed by atoms with Crippen molar-refractivity contribution in [3.63, 3.8) is 0 Å². The first-order chi connectivity index (χ1) is 13.6. The van der Waals surface area contributed by atoms with Gasteiger partial charge in [0.15, 0.2) is 11.5 Å². The first-order valence-electron chi connectivity index (χ1n) is 8.32. The summed E-state index contributed by atoms with van der Waals surface area (Å²) in [6, 6.07) is 2.73. The smallest absolute Gasteiger partial charge is 0.387 e. The molecule has 1 N–H and O–H groups in total. The van der Waals surface area contributed by atoms with Gasteiger partial charge in [-0.2, -0.15) is 13.9 Å². The van der Waals surface area contributed by atoms with Crippen LogP contribution in [-0.4, -0.2) is 28.9 Å².